The fourth-order valence-electron chi connectivity index (χ4n) is 2.92. The molecule has 0 spiro atoms. The number of carbonyl (C=O) groups excluding carboxylic acids is 2. The van der Waals surface area contributed by atoms with E-state index < -0.39 is 6.04 Å². The van der Waals surface area contributed by atoms with E-state index in [1.165, 1.54) is 0 Å². The van der Waals surface area contributed by atoms with Gasteiger partial charge in [0, 0.05) is 13.1 Å². The molecule has 0 unspecified atom stereocenters. The van der Waals surface area contributed by atoms with Gasteiger partial charge in [0.2, 0.25) is 11.8 Å². The van der Waals surface area contributed by atoms with Gasteiger partial charge in [-0.25, -0.2) is 0 Å². The van der Waals surface area contributed by atoms with Gasteiger partial charge >= 0.3 is 0 Å². The van der Waals surface area contributed by atoms with Gasteiger partial charge in [-0.05, 0) is 24.3 Å². The molecular weight excluding hydrogens is 302 g/mol. The molecule has 1 aromatic carbocycles. The van der Waals surface area contributed by atoms with Crippen LogP contribution >= 0.6 is 0 Å². The standard InChI is InChI=1S/C19H25N3O2/c1-14(2)17(12-20)21-19(24)16-9-6-10-22(13-16)18(23)11-15-7-4-3-5-8-15/h3-5,7-8,14,16-17H,6,9-11,13H2,1-2H3,(H,21,24)/t16-,17+/m1/s1. The van der Waals surface area contributed by atoms with E-state index in [0.29, 0.717) is 19.5 Å². The van der Waals surface area contributed by atoms with Crippen LogP contribution in [0.2, 0.25) is 0 Å². The van der Waals surface area contributed by atoms with E-state index in [2.05, 4.69) is 11.4 Å². The molecule has 2 rings (SSSR count). The predicted octanol–water partition coefficient (Wildman–Crippen LogP) is 2.13. The van der Waals surface area contributed by atoms with E-state index >= 15 is 0 Å². The largest absolute Gasteiger partial charge is 0.342 e. The van der Waals surface area contributed by atoms with Crippen LogP contribution in [0.1, 0.15) is 32.3 Å². The van der Waals surface area contributed by atoms with Crippen LogP contribution in [0.3, 0.4) is 0 Å². The molecule has 0 bridgehead atoms. The van der Waals surface area contributed by atoms with Crippen molar-refractivity contribution in [2.24, 2.45) is 11.8 Å². The zero-order valence-corrected chi connectivity index (χ0v) is 14.4. The minimum absolute atomic E-state index is 0.0550. The Kier molecular flexibility index (Phi) is 6.36. The summed E-state index contributed by atoms with van der Waals surface area (Å²) in [6.07, 6.45) is 1.94. The summed E-state index contributed by atoms with van der Waals surface area (Å²) in [6.45, 7) is 4.95. The molecule has 0 radical (unpaired) electrons. The molecule has 1 aliphatic rings. The lowest BCUT2D eigenvalue weighted by atomic mass is 9.95. The highest BCUT2D eigenvalue weighted by molar-refractivity contribution is 5.82. The van der Waals surface area contributed by atoms with Crippen molar-refractivity contribution < 1.29 is 9.59 Å². The Labute approximate surface area is 143 Å². The third-order valence-corrected chi connectivity index (χ3v) is 4.45. The molecule has 128 valence electrons. The molecule has 24 heavy (non-hydrogen) atoms. The van der Waals surface area contributed by atoms with Gasteiger partial charge in [0.1, 0.15) is 6.04 Å². The first-order valence-corrected chi connectivity index (χ1v) is 8.53. The second kappa shape index (κ2) is 8.49. The van der Waals surface area contributed by atoms with Crippen LogP contribution in [0, 0.1) is 23.2 Å². The monoisotopic (exact) mass is 327 g/mol. The summed E-state index contributed by atoms with van der Waals surface area (Å²) in [4.78, 5) is 26.6. The Bertz CT molecular complexity index is 607. The van der Waals surface area contributed by atoms with Gasteiger partial charge in [-0.2, -0.15) is 5.26 Å². The average Bonchev–Trinajstić information content (AvgIpc) is 2.60. The van der Waals surface area contributed by atoms with Gasteiger partial charge in [-0.3, -0.25) is 9.59 Å². The van der Waals surface area contributed by atoms with Crippen molar-refractivity contribution in [1.82, 2.24) is 10.2 Å². The van der Waals surface area contributed by atoms with Crippen LogP contribution < -0.4 is 5.32 Å². The molecule has 0 saturated carbocycles. The van der Waals surface area contributed by atoms with Crippen molar-refractivity contribution in [2.75, 3.05) is 13.1 Å². The van der Waals surface area contributed by atoms with Crippen LogP contribution in [0.15, 0.2) is 30.3 Å². The first-order valence-electron chi connectivity index (χ1n) is 8.53. The van der Waals surface area contributed by atoms with Crippen LogP contribution in [-0.4, -0.2) is 35.8 Å². The molecule has 1 N–H and O–H groups in total. The lowest BCUT2D eigenvalue weighted by Crippen LogP contribution is -2.48. The molecule has 1 aromatic rings. The number of nitrogens with zero attached hydrogens (tertiary/aromatic N) is 2. The van der Waals surface area contributed by atoms with Crippen LogP contribution in [0.4, 0.5) is 0 Å². The van der Waals surface area contributed by atoms with E-state index in [1.807, 2.05) is 44.2 Å². The van der Waals surface area contributed by atoms with Gasteiger partial charge < -0.3 is 10.2 Å². The Hall–Kier alpha value is -2.35. The summed E-state index contributed by atoms with van der Waals surface area (Å²) < 4.78 is 0. The minimum atomic E-state index is -0.479. The molecule has 1 heterocycles. The maximum atomic E-state index is 12.5. The summed E-state index contributed by atoms with van der Waals surface area (Å²) in [6, 6.07) is 11.3. The average molecular weight is 327 g/mol. The van der Waals surface area contributed by atoms with Crippen molar-refractivity contribution in [3.05, 3.63) is 35.9 Å². The SMILES string of the molecule is CC(C)[C@H](C#N)NC(=O)[C@@H]1CCCN(C(=O)Cc2ccccc2)C1. The second-order valence-electron chi connectivity index (χ2n) is 6.70. The number of hydrogen-bond donors (Lipinski definition) is 1. The van der Waals surface area contributed by atoms with Crippen molar-refractivity contribution in [3.63, 3.8) is 0 Å². The lowest BCUT2D eigenvalue weighted by molar-refractivity contribution is -0.135. The van der Waals surface area contributed by atoms with E-state index in [9.17, 15) is 9.59 Å². The highest BCUT2D eigenvalue weighted by Gasteiger charge is 2.29. The number of piperidine rings is 1. The van der Waals surface area contributed by atoms with Gasteiger partial charge in [-0.15, -0.1) is 0 Å². The Balaban J connectivity index is 1.92. The third-order valence-electron chi connectivity index (χ3n) is 4.45. The van der Waals surface area contributed by atoms with Gasteiger partial charge in [0.05, 0.1) is 18.4 Å². The van der Waals surface area contributed by atoms with E-state index in [4.69, 9.17) is 5.26 Å². The van der Waals surface area contributed by atoms with E-state index in [0.717, 1.165) is 18.4 Å². The smallest absolute Gasteiger partial charge is 0.227 e. The van der Waals surface area contributed by atoms with E-state index in [-0.39, 0.29) is 23.7 Å². The quantitative estimate of drug-likeness (QED) is 0.900. The summed E-state index contributed by atoms with van der Waals surface area (Å²) in [5.74, 6) is -0.224. The molecule has 0 aliphatic carbocycles. The first kappa shape index (κ1) is 18.0. The fourth-order valence-corrected chi connectivity index (χ4v) is 2.92. The maximum absolute atomic E-state index is 12.5. The molecule has 5 heteroatoms. The van der Waals surface area contributed by atoms with Crippen molar-refractivity contribution in [2.45, 2.75) is 39.2 Å². The van der Waals surface area contributed by atoms with Gasteiger partial charge in [-0.1, -0.05) is 44.2 Å². The van der Waals surface area contributed by atoms with Crippen LogP contribution in [0.5, 0.6) is 0 Å². The Morgan fingerprint density at radius 3 is 2.67 bits per heavy atom. The zero-order chi connectivity index (χ0) is 17.5. The molecule has 2 amide bonds. The number of likely N-dealkylation sites (tertiary alicyclic amines) is 1. The molecular formula is C19H25N3O2. The number of hydrogen-bond acceptors (Lipinski definition) is 3. The van der Waals surface area contributed by atoms with Gasteiger partial charge in [0.15, 0.2) is 0 Å². The number of nitrogens with one attached hydrogen (secondary N) is 1. The van der Waals surface area contributed by atoms with Gasteiger partial charge in [0.25, 0.3) is 0 Å². The summed E-state index contributed by atoms with van der Waals surface area (Å²) in [5.41, 5.74) is 0.985. The summed E-state index contributed by atoms with van der Waals surface area (Å²) >= 11 is 0. The predicted molar refractivity (Wildman–Crippen MR) is 91.8 cm³/mol. The molecule has 5 nitrogen and oxygen atoms in total. The maximum Gasteiger partial charge on any atom is 0.227 e. The summed E-state index contributed by atoms with van der Waals surface area (Å²) in [7, 11) is 0. The molecule has 2 atom stereocenters. The lowest BCUT2D eigenvalue weighted by Gasteiger charge is -2.32. The van der Waals surface area contributed by atoms with Crippen molar-refractivity contribution in [1.29, 1.82) is 5.26 Å². The Morgan fingerprint density at radius 1 is 1.33 bits per heavy atom. The van der Waals surface area contributed by atoms with Crippen LogP contribution in [-0.2, 0) is 16.0 Å². The second-order valence-corrected chi connectivity index (χ2v) is 6.70. The van der Waals surface area contributed by atoms with Crippen LogP contribution in [0.25, 0.3) is 0 Å². The third kappa shape index (κ3) is 4.82. The number of carbonyl (C=O) groups is 2. The molecule has 1 saturated heterocycles. The minimum Gasteiger partial charge on any atom is -0.342 e. The van der Waals surface area contributed by atoms with Crippen molar-refractivity contribution >= 4 is 11.8 Å². The topological polar surface area (TPSA) is 73.2 Å². The summed E-state index contributed by atoms with van der Waals surface area (Å²) in [5, 5.41) is 11.9. The highest BCUT2D eigenvalue weighted by atomic mass is 16.2. The number of nitriles is 1. The van der Waals surface area contributed by atoms with Crippen molar-refractivity contribution in [3.8, 4) is 6.07 Å². The molecule has 0 aromatic heterocycles. The normalized spacial score (nSPS) is 18.8. The number of rotatable bonds is 5. The number of benzene rings is 1. The van der Waals surface area contributed by atoms with E-state index in [1.54, 1.807) is 4.90 Å². The fraction of sp³-hybridized carbons (Fsp3) is 0.526. The highest BCUT2D eigenvalue weighted by Crippen LogP contribution is 2.18. The molecule has 1 aliphatic heterocycles. The Morgan fingerprint density at radius 2 is 2.04 bits per heavy atom. The number of amides is 2. The zero-order valence-electron chi connectivity index (χ0n) is 14.4. The first-order chi connectivity index (χ1) is 11.5. The molecule has 1 fully saturated rings.